The van der Waals surface area contributed by atoms with Crippen LogP contribution in [0.5, 0.6) is 0 Å². The van der Waals surface area contributed by atoms with Crippen molar-refractivity contribution in [2.75, 3.05) is 0 Å². The van der Waals surface area contributed by atoms with Gasteiger partial charge in [-0.15, -0.1) is 0 Å². The van der Waals surface area contributed by atoms with E-state index in [9.17, 15) is 4.79 Å². The monoisotopic (exact) mass is 290 g/mol. The van der Waals surface area contributed by atoms with Crippen molar-refractivity contribution in [1.82, 2.24) is 9.97 Å². The van der Waals surface area contributed by atoms with Crippen LogP contribution in [0.25, 0.3) is 11.3 Å². The molecule has 0 unspecified atom stereocenters. The van der Waals surface area contributed by atoms with Crippen molar-refractivity contribution in [2.24, 2.45) is 0 Å². The molecule has 0 radical (unpaired) electrons. The Bertz CT molecular complexity index is 582. The molecular weight excluding hydrogens is 280 g/mol. The second-order valence-electron chi connectivity index (χ2n) is 3.83. The van der Waals surface area contributed by atoms with Gasteiger partial charge in [-0.2, -0.15) is 0 Å². The number of halogens is 1. The van der Waals surface area contributed by atoms with Crippen LogP contribution in [-0.4, -0.2) is 16.3 Å². The highest BCUT2D eigenvalue weighted by molar-refractivity contribution is 9.10. The fraction of sp³-hybridized carbons (Fsp3) is 0.154. The molecule has 0 aliphatic rings. The molecule has 0 fully saturated rings. The fourth-order valence-corrected chi connectivity index (χ4v) is 2.01. The molecule has 1 aromatic heterocycles. The van der Waals surface area contributed by atoms with Gasteiger partial charge < -0.3 is 0 Å². The van der Waals surface area contributed by atoms with Gasteiger partial charge in [-0.25, -0.2) is 9.97 Å². The number of aldehydes is 1. The number of benzene rings is 1. The van der Waals surface area contributed by atoms with Gasteiger partial charge in [0.05, 0.1) is 5.69 Å². The van der Waals surface area contributed by atoms with E-state index in [2.05, 4.69) is 25.9 Å². The number of carbonyl (C=O) groups is 1. The first-order valence-electron chi connectivity index (χ1n) is 5.17. The van der Waals surface area contributed by atoms with Crippen molar-refractivity contribution in [3.05, 3.63) is 45.8 Å². The lowest BCUT2D eigenvalue weighted by Gasteiger charge is -2.07. The van der Waals surface area contributed by atoms with Gasteiger partial charge in [0.25, 0.3) is 0 Å². The Kier molecular flexibility index (Phi) is 3.33. The zero-order valence-electron chi connectivity index (χ0n) is 9.57. The summed E-state index contributed by atoms with van der Waals surface area (Å²) < 4.78 is 0.988. The summed E-state index contributed by atoms with van der Waals surface area (Å²) in [5.74, 6) is 0.222. The first-order chi connectivity index (χ1) is 8.10. The largest absolute Gasteiger partial charge is 0.294 e. The molecule has 0 bridgehead atoms. The number of aromatic nitrogens is 2. The fourth-order valence-electron chi connectivity index (χ4n) is 1.65. The van der Waals surface area contributed by atoms with Gasteiger partial charge in [0, 0.05) is 15.7 Å². The van der Waals surface area contributed by atoms with Crippen molar-refractivity contribution in [3.63, 3.8) is 0 Å². The molecule has 0 aliphatic carbocycles. The van der Waals surface area contributed by atoms with Crippen LogP contribution in [0.1, 0.15) is 21.9 Å². The van der Waals surface area contributed by atoms with E-state index in [1.165, 1.54) is 0 Å². The van der Waals surface area contributed by atoms with E-state index < -0.39 is 0 Å². The van der Waals surface area contributed by atoms with E-state index in [4.69, 9.17) is 0 Å². The Morgan fingerprint density at radius 3 is 2.65 bits per heavy atom. The van der Waals surface area contributed by atoms with Gasteiger partial charge >= 0.3 is 0 Å². The lowest BCUT2D eigenvalue weighted by molar-refractivity contribution is 0.111. The van der Waals surface area contributed by atoms with E-state index in [1.807, 2.05) is 38.1 Å². The molecule has 0 N–H and O–H groups in total. The predicted octanol–water partition coefficient (Wildman–Crippen LogP) is 3.34. The van der Waals surface area contributed by atoms with Gasteiger partial charge in [0.2, 0.25) is 0 Å². The van der Waals surface area contributed by atoms with Crippen molar-refractivity contribution in [3.8, 4) is 11.3 Å². The molecular formula is C13H11BrN2O. The maximum Gasteiger partial charge on any atom is 0.193 e. The van der Waals surface area contributed by atoms with Gasteiger partial charge in [-0.05, 0) is 37.6 Å². The number of rotatable bonds is 2. The molecule has 0 spiro atoms. The summed E-state index contributed by atoms with van der Waals surface area (Å²) in [5.41, 5.74) is 3.69. The Labute approximate surface area is 108 Å². The van der Waals surface area contributed by atoms with Crippen molar-refractivity contribution in [2.45, 2.75) is 13.8 Å². The van der Waals surface area contributed by atoms with E-state index in [1.54, 1.807) is 0 Å². The van der Waals surface area contributed by atoms with Crippen LogP contribution in [0.4, 0.5) is 0 Å². The first kappa shape index (κ1) is 11.9. The molecule has 17 heavy (non-hydrogen) atoms. The average Bonchev–Trinajstić information content (AvgIpc) is 2.31. The molecule has 3 nitrogen and oxygen atoms in total. The summed E-state index contributed by atoms with van der Waals surface area (Å²) in [6.07, 6.45) is 0.670. The first-order valence-corrected chi connectivity index (χ1v) is 5.97. The van der Waals surface area contributed by atoms with Crippen molar-refractivity contribution >= 4 is 22.2 Å². The van der Waals surface area contributed by atoms with E-state index >= 15 is 0 Å². The van der Waals surface area contributed by atoms with Crippen LogP contribution in [0.15, 0.2) is 28.7 Å². The minimum absolute atomic E-state index is 0.222. The quantitative estimate of drug-likeness (QED) is 0.797. The van der Waals surface area contributed by atoms with Gasteiger partial charge in [0.15, 0.2) is 12.1 Å². The molecule has 86 valence electrons. The molecule has 0 amide bonds. The molecule has 2 rings (SSSR count). The van der Waals surface area contributed by atoms with Crippen LogP contribution in [0.3, 0.4) is 0 Å². The molecule has 0 saturated carbocycles. The molecule has 0 aliphatic heterocycles. The van der Waals surface area contributed by atoms with Crippen LogP contribution in [0.2, 0.25) is 0 Å². The van der Waals surface area contributed by atoms with Crippen LogP contribution >= 0.6 is 15.9 Å². The standard InChI is InChI=1S/C13H11BrN2O/c1-8-3-4-10(14)6-11(8)12-5-9(2)15-13(7-17)16-12/h3-7H,1-2H3. The van der Waals surface area contributed by atoms with Crippen LogP contribution in [0, 0.1) is 13.8 Å². The molecule has 4 heteroatoms. The molecule has 2 aromatic rings. The third-order valence-electron chi connectivity index (χ3n) is 2.45. The van der Waals surface area contributed by atoms with Crippen LogP contribution in [-0.2, 0) is 0 Å². The number of aryl methyl sites for hydroxylation is 2. The minimum atomic E-state index is 0.222. The van der Waals surface area contributed by atoms with Crippen LogP contribution < -0.4 is 0 Å². The SMILES string of the molecule is Cc1cc(-c2cc(Br)ccc2C)nc(C=O)n1. The highest BCUT2D eigenvalue weighted by Gasteiger charge is 2.07. The number of carbonyl (C=O) groups excluding carboxylic acids is 1. The number of hydrogen-bond donors (Lipinski definition) is 0. The van der Waals surface area contributed by atoms with Gasteiger partial charge in [-0.3, -0.25) is 4.79 Å². The smallest absolute Gasteiger partial charge is 0.193 e. The summed E-state index contributed by atoms with van der Waals surface area (Å²) in [6, 6.07) is 7.86. The Hall–Kier alpha value is -1.55. The highest BCUT2D eigenvalue weighted by atomic mass is 79.9. The number of nitrogens with zero attached hydrogens (tertiary/aromatic N) is 2. The van der Waals surface area contributed by atoms with E-state index in [0.717, 1.165) is 27.0 Å². The second kappa shape index (κ2) is 4.75. The normalized spacial score (nSPS) is 10.3. The number of hydrogen-bond acceptors (Lipinski definition) is 3. The highest BCUT2D eigenvalue weighted by Crippen LogP contribution is 2.25. The topological polar surface area (TPSA) is 42.9 Å². The Morgan fingerprint density at radius 1 is 1.18 bits per heavy atom. The van der Waals surface area contributed by atoms with Crippen molar-refractivity contribution < 1.29 is 4.79 Å². The third-order valence-corrected chi connectivity index (χ3v) is 2.95. The summed E-state index contributed by atoms with van der Waals surface area (Å²) in [6.45, 7) is 3.87. The van der Waals surface area contributed by atoms with Gasteiger partial charge in [-0.1, -0.05) is 22.0 Å². The summed E-state index contributed by atoms with van der Waals surface area (Å²) in [7, 11) is 0. The second-order valence-corrected chi connectivity index (χ2v) is 4.75. The molecule has 1 heterocycles. The summed E-state index contributed by atoms with van der Waals surface area (Å²) in [5, 5.41) is 0. The van der Waals surface area contributed by atoms with Crippen molar-refractivity contribution in [1.29, 1.82) is 0 Å². The maximum absolute atomic E-state index is 10.8. The Balaban J connectivity index is 2.63. The van der Waals surface area contributed by atoms with Gasteiger partial charge in [0.1, 0.15) is 0 Å². The molecule has 0 saturated heterocycles. The van der Waals surface area contributed by atoms with E-state index in [-0.39, 0.29) is 5.82 Å². The van der Waals surface area contributed by atoms with E-state index in [0.29, 0.717) is 6.29 Å². The zero-order valence-corrected chi connectivity index (χ0v) is 11.2. The predicted molar refractivity (Wildman–Crippen MR) is 70.0 cm³/mol. The average molecular weight is 291 g/mol. The third kappa shape index (κ3) is 2.58. The Morgan fingerprint density at radius 2 is 1.94 bits per heavy atom. The lowest BCUT2D eigenvalue weighted by atomic mass is 10.1. The molecule has 1 aromatic carbocycles. The zero-order chi connectivity index (χ0) is 12.4. The minimum Gasteiger partial charge on any atom is -0.294 e. The summed E-state index contributed by atoms with van der Waals surface area (Å²) >= 11 is 3.43. The maximum atomic E-state index is 10.8. The summed E-state index contributed by atoms with van der Waals surface area (Å²) in [4.78, 5) is 19.0. The lowest BCUT2D eigenvalue weighted by Crippen LogP contribution is -1.98. The molecule has 0 atom stereocenters.